The van der Waals surface area contributed by atoms with E-state index in [9.17, 15) is 0 Å². The van der Waals surface area contributed by atoms with Crippen LogP contribution in [0, 0.1) is 0 Å². The Bertz CT molecular complexity index is 2500. The van der Waals surface area contributed by atoms with E-state index in [0.29, 0.717) is 11.7 Å². The van der Waals surface area contributed by atoms with Crippen molar-refractivity contribution in [1.29, 1.82) is 0 Å². The average Bonchev–Trinajstić information content (AvgIpc) is 3.74. The number of para-hydroxylation sites is 2. The van der Waals surface area contributed by atoms with E-state index < -0.39 is 0 Å². The summed E-state index contributed by atoms with van der Waals surface area (Å²) < 4.78 is 8.66. The third kappa shape index (κ3) is 4.57. The zero-order valence-corrected chi connectivity index (χ0v) is 25.4. The van der Waals surface area contributed by atoms with Gasteiger partial charge < -0.3 is 4.42 Å². The normalized spacial score (nSPS) is 11.5. The van der Waals surface area contributed by atoms with Gasteiger partial charge in [0.1, 0.15) is 5.52 Å². The standard InChI is InChI=1S/C41H25N3OS/c1-3-12-26(13-4-1)28-16-9-17-29(24-28)33-25-34(43-40(42-33)27-14-5-2-6-15-27)30-18-10-22-36-38(30)39-31(19-11-23-37(39)46-36)41-44-32-20-7-8-21-35(32)45-41/h1-25H. The first-order chi connectivity index (χ1) is 22.8. The highest BCUT2D eigenvalue weighted by molar-refractivity contribution is 7.26. The number of hydrogen-bond acceptors (Lipinski definition) is 5. The van der Waals surface area contributed by atoms with Crippen molar-refractivity contribution in [3.8, 4) is 56.5 Å². The highest BCUT2D eigenvalue weighted by Crippen LogP contribution is 2.44. The monoisotopic (exact) mass is 607 g/mol. The Balaban J connectivity index is 1.29. The van der Waals surface area contributed by atoms with E-state index in [-0.39, 0.29) is 0 Å². The Kier molecular flexibility index (Phi) is 6.28. The molecule has 216 valence electrons. The molecule has 9 rings (SSSR count). The van der Waals surface area contributed by atoms with Crippen molar-refractivity contribution in [1.82, 2.24) is 15.0 Å². The highest BCUT2D eigenvalue weighted by Gasteiger charge is 2.20. The largest absolute Gasteiger partial charge is 0.436 e. The highest BCUT2D eigenvalue weighted by atomic mass is 32.1. The van der Waals surface area contributed by atoms with Crippen LogP contribution in [0.3, 0.4) is 0 Å². The topological polar surface area (TPSA) is 51.8 Å². The molecule has 0 aliphatic heterocycles. The van der Waals surface area contributed by atoms with E-state index >= 15 is 0 Å². The molecule has 9 aromatic rings. The van der Waals surface area contributed by atoms with Crippen LogP contribution >= 0.6 is 11.3 Å². The second-order valence-electron chi connectivity index (χ2n) is 11.2. The first-order valence-electron chi connectivity index (χ1n) is 15.2. The smallest absolute Gasteiger partial charge is 0.227 e. The fraction of sp³-hybridized carbons (Fsp3) is 0. The lowest BCUT2D eigenvalue weighted by Gasteiger charge is -2.12. The van der Waals surface area contributed by atoms with Gasteiger partial charge in [-0.1, -0.05) is 109 Å². The molecule has 3 heterocycles. The summed E-state index contributed by atoms with van der Waals surface area (Å²) in [4.78, 5) is 15.2. The van der Waals surface area contributed by atoms with E-state index in [1.807, 2.05) is 48.5 Å². The molecule has 46 heavy (non-hydrogen) atoms. The van der Waals surface area contributed by atoms with Crippen LogP contribution in [-0.2, 0) is 0 Å². The van der Waals surface area contributed by atoms with E-state index in [2.05, 4.69) is 103 Å². The predicted octanol–water partition coefficient (Wildman–Crippen LogP) is 11.3. The maximum absolute atomic E-state index is 6.30. The summed E-state index contributed by atoms with van der Waals surface area (Å²) in [7, 11) is 0. The maximum Gasteiger partial charge on any atom is 0.227 e. The van der Waals surface area contributed by atoms with Gasteiger partial charge in [-0.2, -0.15) is 0 Å². The molecule has 5 heteroatoms. The number of oxazole rings is 1. The number of rotatable bonds is 5. The van der Waals surface area contributed by atoms with Crippen LogP contribution in [0.5, 0.6) is 0 Å². The van der Waals surface area contributed by atoms with Crippen LogP contribution in [0.2, 0.25) is 0 Å². The molecule has 3 aromatic heterocycles. The number of hydrogen-bond donors (Lipinski definition) is 0. The van der Waals surface area contributed by atoms with Crippen LogP contribution in [0.15, 0.2) is 156 Å². The van der Waals surface area contributed by atoms with Gasteiger partial charge in [-0.15, -0.1) is 11.3 Å². The van der Waals surface area contributed by atoms with Crippen molar-refractivity contribution in [2.24, 2.45) is 0 Å². The van der Waals surface area contributed by atoms with Crippen molar-refractivity contribution in [3.63, 3.8) is 0 Å². The Morgan fingerprint density at radius 2 is 1.04 bits per heavy atom. The van der Waals surface area contributed by atoms with E-state index in [0.717, 1.165) is 61.1 Å². The van der Waals surface area contributed by atoms with Gasteiger partial charge in [0, 0.05) is 42.4 Å². The molecule has 4 nitrogen and oxygen atoms in total. The maximum atomic E-state index is 6.30. The summed E-state index contributed by atoms with van der Waals surface area (Å²) in [6.45, 7) is 0. The Labute approximate surface area is 269 Å². The molecule has 0 fully saturated rings. The van der Waals surface area contributed by atoms with Crippen LogP contribution in [0.4, 0.5) is 0 Å². The van der Waals surface area contributed by atoms with Gasteiger partial charge in [0.2, 0.25) is 5.89 Å². The molecule has 6 aromatic carbocycles. The lowest BCUT2D eigenvalue weighted by molar-refractivity contribution is 0.620. The summed E-state index contributed by atoms with van der Waals surface area (Å²) in [5.41, 5.74) is 9.71. The Hall–Kier alpha value is -5.91. The lowest BCUT2D eigenvalue weighted by atomic mass is 9.98. The van der Waals surface area contributed by atoms with Gasteiger partial charge in [-0.3, -0.25) is 0 Å². The van der Waals surface area contributed by atoms with E-state index in [1.165, 1.54) is 15.0 Å². The molecule has 0 saturated heterocycles. The van der Waals surface area contributed by atoms with E-state index in [4.69, 9.17) is 19.4 Å². The van der Waals surface area contributed by atoms with Gasteiger partial charge in [0.15, 0.2) is 11.4 Å². The second-order valence-corrected chi connectivity index (χ2v) is 12.3. The average molecular weight is 608 g/mol. The molecule has 0 aliphatic rings. The first kappa shape index (κ1) is 26.5. The van der Waals surface area contributed by atoms with E-state index in [1.54, 1.807) is 11.3 Å². The molecule has 0 N–H and O–H groups in total. The zero-order chi connectivity index (χ0) is 30.5. The number of fused-ring (bicyclic) bond motifs is 4. The minimum Gasteiger partial charge on any atom is -0.436 e. The van der Waals surface area contributed by atoms with Gasteiger partial charge in [-0.05, 0) is 53.6 Å². The van der Waals surface area contributed by atoms with Crippen LogP contribution in [0.25, 0.3) is 87.8 Å². The molecule has 0 radical (unpaired) electrons. The molecule has 0 atom stereocenters. The first-order valence-corrected chi connectivity index (χ1v) is 16.0. The fourth-order valence-electron chi connectivity index (χ4n) is 6.18. The molecule has 0 amide bonds. The van der Waals surface area contributed by atoms with Crippen molar-refractivity contribution < 1.29 is 4.42 Å². The molecule has 0 aliphatic carbocycles. The van der Waals surface area contributed by atoms with Crippen molar-refractivity contribution >= 4 is 42.6 Å². The third-order valence-corrected chi connectivity index (χ3v) is 9.47. The Morgan fingerprint density at radius 1 is 0.435 bits per heavy atom. The quantitative estimate of drug-likeness (QED) is 0.195. The van der Waals surface area contributed by atoms with Crippen molar-refractivity contribution in [2.75, 3.05) is 0 Å². The van der Waals surface area contributed by atoms with Crippen LogP contribution in [-0.4, -0.2) is 15.0 Å². The predicted molar refractivity (Wildman–Crippen MR) is 190 cm³/mol. The summed E-state index contributed by atoms with van der Waals surface area (Å²) in [6.07, 6.45) is 0. The van der Waals surface area contributed by atoms with Crippen molar-refractivity contribution in [2.45, 2.75) is 0 Å². The van der Waals surface area contributed by atoms with Crippen LogP contribution < -0.4 is 0 Å². The second kappa shape index (κ2) is 10.9. The summed E-state index contributed by atoms with van der Waals surface area (Å²) in [5, 5.41) is 2.26. The summed E-state index contributed by atoms with van der Waals surface area (Å²) in [6, 6.07) is 52.1. The molecular weight excluding hydrogens is 583 g/mol. The SMILES string of the molecule is c1ccc(-c2cccc(-c3cc(-c4cccc5sc6cccc(-c7nc8ccccc8o7)c6c45)nc(-c4ccccc4)n3)c2)cc1. The molecular formula is C41H25N3OS. The molecule has 0 spiro atoms. The van der Waals surface area contributed by atoms with Gasteiger partial charge >= 0.3 is 0 Å². The van der Waals surface area contributed by atoms with Crippen molar-refractivity contribution in [3.05, 3.63) is 152 Å². The minimum atomic E-state index is 0.618. The summed E-state index contributed by atoms with van der Waals surface area (Å²) in [5.74, 6) is 1.31. The number of benzene rings is 6. The zero-order valence-electron chi connectivity index (χ0n) is 24.6. The number of nitrogens with zero attached hydrogens (tertiary/aromatic N) is 3. The lowest BCUT2D eigenvalue weighted by Crippen LogP contribution is -1.96. The van der Waals surface area contributed by atoms with Gasteiger partial charge in [0.05, 0.1) is 11.4 Å². The molecule has 0 saturated carbocycles. The minimum absolute atomic E-state index is 0.618. The van der Waals surface area contributed by atoms with Gasteiger partial charge in [0.25, 0.3) is 0 Å². The molecule has 0 bridgehead atoms. The number of thiophene rings is 1. The number of aromatic nitrogens is 3. The summed E-state index contributed by atoms with van der Waals surface area (Å²) >= 11 is 1.77. The van der Waals surface area contributed by atoms with Crippen LogP contribution in [0.1, 0.15) is 0 Å². The fourth-order valence-corrected chi connectivity index (χ4v) is 7.34. The Morgan fingerprint density at radius 3 is 1.83 bits per heavy atom. The molecule has 0 unspecified atom stereocenters. The van der Waals surface area contributed by atoms with Gasteiger partial charge in [-0.25, -0.2) is 15.0 Å². The third-order valence-electron chi connectivity index (χ3n) is 8.35.